The van der Waals surface area contributed by atoms with Gasteiger partial charge < -0.3 is 9.13 Å². The molecule has 0 fully saturated rings. The summed E-state index contributed by atoms with van der Waals surface area (Å²) in [6.45, 7) is 15.1. The highest BCUT2D eigenvalue weighted by Crippen LogP contribution is 2.24. The molecule has 3 aromatic carbocycles. The van der Waals surface area contributed by atoms with Gasteiger partial charge in [-0.05, 0) is 88.9 Å². The first-order valence-corrected chi connectivity index (χ1v) is 14.2. The van der Waals surface area contributed by atoms with Crippen LogP contribution in [-0.4, -0.2) is 9.13 Å². The molecule has 2 heteroatoms. The van der Waals surface area contributed by atoms with E-state index >= 15 is 0 Å². The predicted octanol–water partition coefficient (Wildman–Crippen LogP) is 10.5. The molecule has 5 rings (SSSR count). The second kappa shape index (κ2) is 16.4. The number of fused-ring (bicyclic) bond motifs is 2. The molecule has 0 radical (unpaired) electrons. The first kappa shape index (κ1) is 30.8. The monoisotopic (exact) mass is 538 g/mol. The molecule has 2 nitrogen and oxygen atoms in total. The molecule has 0 N–H and O–H groups in total. The van der Waals surface area contributed by atoms with E-state index in [0.29, 0.717) is 0 Å². The maximum absolute atomic E-state index is 3.79. The molecule has 0 bridgehead atoms. The summed E-state index contributed by atoms with van der Waals surface area (Å²) in [6, 6.07) is 30.3. The summed E-state index contributed by atoms with van der Waals surface area (Å²) in [5.74, 6) is 5.84. The summed E-state index contributed by atoms with van der Waals surface area (Å²) in [5.41, 5.74) is 7.64. The Labute approximate surface area is 246 Å². The third-order valence-corrected chi connectivity index (χ3v) is 6.56. The van der Waals surface area contributed by atoms with Gasteiger partial charge in [-0.15, -0.1) is 19.1 Å². The van der Waals surface area contributed by atoms with Gasteiger partial charge in [-0.2, -0.15) is 0 Å². The van der Waals surface area contributed by atoms with Gasteiger partial charge in [-0.1, -0.05) is 78.8 Å². The lowest BCUT2D eigenvalue weighted by atomic mass is 10.1. The van der Waals surface area contributed by atoms with Crippen molar-refractivity contribution in [3.63, 3.8) is 0 Å². The molecule has 0 saturated carbocycles. The number of allylic oxidation sites excluding steroid dienone is 5. The van der Waals surface area contributed by atoms with Gasteiger partial charge in [0.15, 0.2) is 0 Å². The van der Waals surface area contributed by atoms with Gasteiger partial charge >= 0.3 is 0 Å². The standard InChI is InChI=1S/C19H19N.C17H17N.C3H6/c1-3-4-7-16-10-12-18(13-11-16)20-15(2)14-17-8-5-6-9-19(17)20;1-3-5-9-13-18-16(11-6-4-2)14-15-10-7-8-12-17(15)18;1-3-2/h3-6,8-14H,7H2,1-2H3;4,7-10,12-14H,2,6,11H2,1H3;3H,1H2,2H3/b4-3-;13-9+;. The highest BCUT2D eigenvalue weighted by molar-refractivity contribution is 5.84. The minimum absolute atomic E-state index is 0.990. The molecule has 0 spiro atoms. The first-order valence-electron chi connectivity index (χ1n) is 14.2. The largest absolute Gasteiger partial charge is 0.320 e. The van der Waals surface area contributed by atoms with Crippen LogP contribution in [0.25, 0.3) is 33.7 Å². The van der Waals surface area contributed by atoms with E-state index in [4.69, 9.17) is 0 Å². The maximum atomic E-state index is 3.79. The molecular formula is C39H42N2. The molecule has 41 heavy (non-hydrogen) atoms. The highest BCUT2D eigenvalue weighted by Gasteiger charge is 2.07. The third-order valence-electron chi connectivity index (χ3n) is 6.56. The van der Waals surface area contributed by atoms with E-state index in [0.717, 1.165) is 19.3 Å². The zero-order valence-electron chi connectivity index (χ0n) is 25.0. The van der Waals surface area contributed by atoms with Crippen LogP contribution in [0.1, 0.15) is 44.1 Å². The van der Waals surface area contributed by atoms with Crippen LogP contribution < -0.4 is 0 Å². The minimum Gasteiger partial charge on any atom is -0.320 e. The number of para-hydroxylation sites is 2. The molecule has 0 aliphatic heterocycles. The molecule has 0 unspecified atom stereocenters. The van der Waals surface area contributed by atoms with Crippen LogP contribution in [0.5, 0.6) is 0 Å². The zero-order valence-corrected chi connectivity index (χ0v) is 25.0. The summed E-state index contributed by atoms with van der Waals surface area (Å²) in [6.07, 6.45) is 14.9. The van der Waals surface area contributed by atoms with Gasteiger partial charge in [0, 0.05) is 40.1 Å². The van der Waals surface area contributed by atoms with Crippen molar-refractivity contribution in [3.05, 3.63) is 145 Å². The Balaban J connectivity index is 0.000000207. The van der Waals surface area contributed by atoms with Gasteiger partial charge in [0.2, 0.25) is 0 Å². The van der Waals surface area contributed by atoms with Gasteiger partial charge in [0.1, 0.15) is 0 Å². The Morgan fingerprint density at radius 1 is 0.829 bits per heavy atom. The first-order chi connectivity index (χ1) is 20.1. The summed E-state index contributed by atoms with van der Waals surface area (Å²) in [4.78, 5) is 0. The summed E-state index contributed by atoms with van der Waals surface area (Å²) in [5, 5.41) is 2.56. The normalized spacial score (nSPS) is 10.5. The summed E-state index contributed by atoms with van der Waals surface area (Å²) in [7, 11) is 0. The predicted molar refractivity (Wildman–Crippen MR) is 182 cm³/mol. The molecular weight excluding hydrogens is 496 g/mol. The van der Waals surface area contributed by atoms with E-state index in [1.807, 2.05) is 32.2 Å². The van der Waals surface area contributed by atoms with Crippen molar-refractivity contribution in [2.75, 3.05) is 0 Å². The molecule has 0 atom stereocenters. The van der Waals surface area contributed by atoms with Crippen LogP contribution in [-0.2, 0) is 12.8 Å². The van der Waals surface area contributed by atoms with Crippen LogP contribution in [0.3, 0.4) is 0 Å². The van der Waals surface area contributed by atoms with Crippen LogP contribution in [0, 0.1) is 18.8 Å². The van der Waals surface area contributed by atoms with E-state index in [-0.39, 0.29) is 0 Å². The SMILES string of the molecule is C/C=C\Cc1ccc(-n2c(C)cc3ccccc32)cc1.C=CC.C=CCCc1cc2ccccc2n1/C=C/C#CC. The third kappa shape index (κ3) is 8.37. The number of aromatic nitrogens is 2. The second-order valence-corrected chi connectivity index (χ2v) is 9.63. The number of benzene rings is 3. The Kier molecular flexibility index (Phi) is 12.3. The molecule has 0 saturated heterocycles. The fourth-order valence-corrected chi connectivity index (χ4v) is 4.72. The van der Waals surface area contributed by atoms with Gasteiger partial charge in [0.25, 0.3) is 0 Å². The van der Waals surface area contributed by atoms with Crippen LogP contribution in [0.2, 0.25) is 0 Å². The van der Waals surface area contributed by atoms with Gasteiger partial charge in [-0.3, -0.25) is 0 Å². The van der Waals surface area contributed by atoms with E-state index in [2.05, 4.69) is 145 Å². The van der Waals surface area contributed by atoms with E-state index in [1.54, 1.807) is 6.08 Å². The zero-order chi connectivity index (χ0) is 29.5. The molecule has 2 heterocycles. The number of hydrogen-bond acceptors (Lipinski definition) is 0. The van der Waals surface area contributed by atoms with Crippen molar-refractivity contribution in [2.45, 2.75) is 47.0 Å². The fourth-order valence-electron chi connectivity index (χ4n) is 4.72. The Morgan fingerprint density at radius 3 is 2.10 bits per heavy atom. The van der Waals surface area contributed by atoms with Crippen molar-refractivity contribution < 1.29 is 0 Å². The average Bonchev–Trinajstić information content (AvgIpc) is 3.52. The van der Waals surface area contributed by atoms with Crippen LogP contribution >= 0.6 is 0 Å². The van der Waals surface area contributed by atoms with Crippen molar-refractivity contribution in [2.24, 2.45) is 0 Å². The smallest absolute Gasteiger partial charge is 0.0531 e. The van der Waals surface area contributed by atoms with Crippen molar-refractivity contribution in [3.8, 4) is 17.5 Å². The molecule has 0 aliphatic carbocycles. The number of nitrogens with zero attached hydrogens (tertiary/aromatic N) is 2. The highest BCUT2D eigenvalue weighted by atomic mass is 15.0. The molecule has 5 aromatic rings. The lowest BCUT2D eigenvalue weighted by Gasteiger charge is -2.09. The summed E-state index contributed by atoms with van der Waals surface area (Å²) >= 11 is 0. The van der Waals surface area contributed by atoms with Crippen molar-refractivity contribution in [1.82, 2.24) is 9.13 Å². The lowest BCUT2D eigenvalue weighted by Crippen LogP contribution is -1.96. The van der Waals surface area contributed by atoms with Gasteiger partial charge in [0.05, 0.1) is 11.0 Å². The van der Waals surface area contributed by atoms with Gasteiger partial charge in [-0.25, -0.2) is 0 Å². The molecule has 0 amide bonds. The molecule has 208 valence electrons. The van der Waals surface area contributed by atoms with Crippen molar-refractivity contribution in [1.29, 1.82) is 0 Å². The Bertz CT molecular complexity index is 1670. The van der Waals surface area contributed by atoms with Crippen molar-refractivity contribution >= 4 is 28.0 Å². The van der Waals surface area contributed by atoms with E-state index < -0.39 is 0 Å². The molecule has 2 aromatic heterocycles. The topological polar surface area (TPSA) is 9.86 Å². The summed E-state index contributed by atoms with van der Waals surface area (Å²) < 4.78 is 4.53. The van der Waals surface area contributed by atoms with E-state index in [9.17, 15) is 0 Å². The van der Waals surface area contributed by atoms with E-state index in [1.165, 1.54) is 44.4 Å². The van der Waals surface area contributed by atoms with Crippen LogP contribution in [0.15, 0.2) is 128 Å². The Morgan fingerprint density at radius 2 is 1.46 bits per heavy atom. The Hall–Kier alpha value is -4.74. The molecule has 0 aliphatic rings. The number of hydrogen-bond donors (Lipinski definition) is 0. The second-order valence-electron chi connectivity index (χ2n) is 9.63. The fraction of sp³-hybridized carbons (Fsp3) is 0.179. The minimum atomic E-state index is 0.990. The lowest BCUT2D eigenvalue weighted by molar-refractivity contribution is 0.924. The quantitative estimate of drug-likeness (QED) is 0.144. The number of aryl methyl sites for hydroxylation is 2. The van der Waals surface area contributed by atoms with Crippen LogP contribution in [0.4, 0.5) is 0 Å². The average molecular weight is 539 g/mol. The number of rotatable bonds is 7. The maximum Gasteiger partial charge on any atom is 0.0531 e.